The lowest BCUT2D eigenvalue weighted by Crippen LogP contribution is -2.34. The van der Waals surface area contributed by atoms with Gasteiger partial charge in [-0.3, -0.25) is 14.4 Å². The van der Waals surface area contributed by atoms with Crippen LogP contribution in [0.5, 0.6) is 0 Å². The van der Waals surface area contributed by atoms with Crippen molar-refractivity contribution in [2.75, 3.05) is 0 Å². The van der Waals surface area contributed by atoms with E-state index in [0.717, 1.165) is 11.1 Å². The number of benzene rings is 3. The minimum absolute atomic E-state index is 0.104. The number of aromatic nitrogens is 3. The Morgan fingerprint density at radius 2 is 1.60 bits per heavy atom. The average Bonchev–Trinajstić information content (AvgIpc) is 3.30. The largest absolute Gasteiger partial charge is 0.481 e. The van der Waals surface area contributed by atoms with Gasteiger partial charge in [0.05, 0.1) is 17.8 Å². The van der Waals surface area contributed by atoms with E-state index >= 15 is 0 Å². The number of fused-ring (bicyclic) bond motifs is 1. The van der Waals surface area contributed by atoms with E-state index in [-0.39, 0.29) is 17.9 Å². The number of carboxylic acids is 1. The zero-order valence-electron chi connectivity index (χ0n) is 18.7. The summed E-state index contributed by atoms with van der Waals surface area (Å²) in [6, 6.07) is 21.5. The van der Waals surface area contributed by atoms with Crippen LogP contribution in [0.25, 0.3) is 22.0 Å². The molecule has 176 valence electrons. The molecule has 3 atom stereocenters. The molecule has 35 heavy (non-hydrogen) atoms. The lowest BCUT2D eigenvalue weighted by Gasteiger charge is -2.20. The Morgan fingerprint density at radius 1 is 0.943 bits per heavy atom. The second-order valence-electron chi connectivity index (χ2n) is 8.85. The van der Waals surface area contributed by atoms with Crippen molar-refractivity contribution in [3.63, 3.8) is 0 Å². The molecule has 1 fully saturated rings. The van der Waals surface area contributed by atoms with E-state index in [0.29, 0.717) is 34.3 Å². The van der Waals surface area contributed by atoms with Crippen LogP contribution in [0.1, 0.15) is 23.2 Å². The van der Waals surface area contributed by atoms with E-state index < -0.39 is 23.7 Å². The number of nitrogens with zero attached hydrogens (tertiary/aromatic N) is 3. The second-order valence-corrected chi connectivity index (χ2v) is 9.29. The molecule has 0 aliphatic heterocycles. The Kier molecular flexibility index (Phi) is 6.17. The Hall–Kier alpha value is -3.84. The first kappa shape index (κ1) is 22.9. The molecule has 7 nitrogen and oxygen atoms in total. The third kappa shape index (κ3) is 4.47. The summed E-state index contributed by atoms with van der Waals surface area (Å²) in [5.74, 6) is -3.20. The van der Waals surface area contributed by atoms with Gasteiger partial charge in [-0.25, -0.2) is 4.68 Å². The summed E-state index contributed by atoms with van der Waals surface area (Å²) in [7, 11) is 0. The van der Waals surface area contributed by atoms with E-state index in [1.165, 1.54) is 4.68 Å². The molecule has 8 heteroatoms. The van der Waals surface area contributed by atoms with Crippen LogP contribution in [0.15, 0.2) is 77.6 Å². The highest BCUT2D eigenvalue weighted by molar-refractivity contribution is 6.30. The Bertz CT molecular complexity index is 1460. The molecule has 2 unspecified atom stereocenters. The lowest BCUT2D eigenvalue weighted by molar-refractivity contribution is -0.144. The summed E-state index contributed by atoms with van der Waals surface area (Å²) in [5.41, 5.74) is 2.56. The summed E-state index contributed by atoms with van der Waals surface area (Å²) in [6.45, 7) is 0.104. The monoisotopic (exact) mass is 487 g/mol. The van der Waals surface area contributed by atoms with Crippen molar-refractivity contribution in [3.8, 4) is 11.1 Å². The van der Waals surface area contributed by atoms with Gasteiger partial charge in [-0.1, -0.05) is 65.3 Å². The van der Waals surface area contributed by atoms with Gasteiger partial charge >= 0.3 is 5.97 Å². The van der Waals surface area contributed by atoms with Gasteiger partial charge in [-0.05, 0) is 54.2 Å². The SMILES string of the molecule is O=C(c1ccc(-c2ccc(Cl)cc2)cc1)C1CC[C@@H](Cn2nnc3ccccc3c2=O)C1C(=O)O. The van der Waals surface area contributed by atoms with Crippen molar-refractivity contribution in [2.45, 2.75) is 19.4 Å². The van der Waals surface area contributed by atoms with Gasteiger partial charge in [0.25, 0.3) is 5.56 Å². The number of carbonyl (C=O) groups is 2. The fraction of sp³-hybridized carbons (Fsp3) is 0.222. The van der Waals surface area contributed by atoms with Gasteiger partial charge in [0.2, 0.25) is 0 Å². The number of hydrogen-bond acceptors (Lipinski definition) is 5. The fourth-order valence-corrected chi connectivity index (χ4v) is 5.13. The number of ketones is 1. The van der Waals surface area contributed by atoms with E-state index in [1.54, 1.807) is 48.5 Å². The number of carbonyl (C=O) groups excluding carboxylic acids is 1. The zero-order valence-corrected chi connectivity index (χ0v) is 19.4. The molecular formula is C27H22ClN3O4. The molecule has 1 aliphatic carbocycles. The van der Waals surface area contributed by atoms with Gasteiger partial charge in [0, 0.05) is 16.5 Å². The molecule has 1 aromatic heterocycles. The Balaban J connectivity index is 1.36. The van der Waals surface area contributed by atoms with Gasteiger partial charge in [-0.15, -0.1) is 5.10 Å². The maximum Gasteiger partial charge on any atom is 0.307 e. The highest BCUT2D eigenvalue weighted by atomic mass is 35.5. The van der Waals surface area contributed by atoms with Crippen LogP contribution in [-0.2, 0) is 11.3 Å². The third-order valence-electron chi connectivity index (χ3n) is 6.80. The van der Waals surface area contributed by atoms with Gasteiger partial charge < -0.3 is 5.11 Å². The van der Waals surface area contributed by atoms with E-state index in [4.69, 9.17) is 11.6 Å². The van der Waals surface area contributed by atoms with Crippen molar-refractivity contribution in [3.05, 3.63) is 93.7 Å². The molecule has 0 amide bonds. The minimum Gasteiger partial charge on any atom is -0.481 e. The molecule has 1 heterocycles. The molecule has 3 aromatic carbocycles. The maximum absolute atomic E-state index is 13.3. The molecule has 1 saturated carbocycles. The quantitative estimate of drug-likeness (QED) is 0.395. The first-order chi connectivity index (χ1) is 16.9. The molecule has 1 aliphatic rings. The fourth-order valence-electron chi connectivity index (χ4n) is 5.00. The van der Waals surface area contributed by atoms with Crippen molar-refractivity contribution in [1.29, 1.82) is 0 Å². The van der Waals surface area contributed by atoms with Crippen LogP contribution in [0.2, 0.25) is 5.02 Å². The summed E-state index contributed by atoms with van der Waals surface area (Å²) in [5, 5.41) is 19.2. The molecule has 0 bridgehead atoms. The zero-order chi connectivity index (χ0) is 24.5. The summed E-state index contributed by atoms with van der Waals surface area (Å²) in [6.07, 6.45) is 0.951. The maximum atomic E-state index is 13.3. The highest BCUT2D eigenvalue weighted by Crippen LogP contribution is 2.40. The molecular weight excluding hydrogens is 466 g/mol. The van der Waals surface area contributed by atoms with Crippen molar-refractivity contribution in [2.24, 2.45) is 17.8 Å². The van der Waals surface area contributed by atoms with E-state index in [2.05, 4.69) is 10.3 Å². The van der Waals surface area contributed by atoms with Crippen LogP contribution in [0, 0.1) is 17.8 Å². The topological polar surface area (TPSA) is 102 Å². The van der Waals surface area contributed by atoms with Gasteiger partial charge in [-0.2, -0.15) is 0 Å². The van der Waals surface area contributed by atoms with Crippen molar-refractivity contribution in [1.82, 2.24) is 15.0 Å². The third-order valence-corrected chi connectivity index (χ3v) is 7.05. The summed E-state index contributed by atoms with van der Waals surface area (Å²) < 4.78 is 1.22. The summed E-state index contributed by atoms with van der Waals surface area (Å²) in [4.78, 5) is 38.4. The van der Waals surface area contributed by atoms with Crippen molar-refractivity contribution < 1.29 is 14.7 Å². The predicted molar refractivity (Wildman–Crippen MR) is 132 cm³/mol. The van der Waals surface area contributed by atoms with E-state index in [1.807, 2.05) is 24.3 Å². The van der Waals surface area contributed by atoms with Crippen LogP contribution in [0.3, 0.4) is 0 Å². The lowest BCUT2D eigenvalue weighted by atomic mass is 9.84. The molecule has 0 saturated heterocycles. The van der Waals surface area contributed by atoms with E-state index in [9.17, 15) is 19.5 Å². The van der Waals surface area contributed by atoms with Gasteiger partial charge in [0.1, 0.15) is 5.52 Å². The second kappa shape index (κ2) is 9.43. The number of halogens is 1. The van der Waals surface area contributed by atoms with Crippen LogP contribution >= 0.6 is 11.6 Å². The molecule has 4 aromatic rings. The van der Waals surface area contributed by atoms with Crippen molar-refractivity contribution >= 4 is 34.3 Å². The number of hydrogen-bond donors (Lipinski definition) is 1. The van der Waals surface area contributed by atoms with Crippen LogP contribution in [-0.4, -0.2) is 31.9 Å². The minimum atomic E-state index is -1.04. The first-order valence-corrected chi connectivity index (χ1v) is 11.8. The highest BCUT2D eigenvalue weighted by Gasteiger charge is 2.45. The smallest absolute Gasteiger partial charge is 0.307 e. The molecule has 0 radical (unpaired) electrons. The normalized spacial score (nSPS) is 19.6. The molecule has 0 spiro atoms. The van der Waals surface area contributed by atoms with Crippen LogP contribution in [0.4, 0.5) is 0 Å². The Labute approximate surface area is 206 Å². The standard InChI is InChI=1S/C27H22ClN3O4/c28-20-12-9-17(10-13-20)16-5-7-18(8-6-16)25(32)22-14-11-19(24(22)27(34)35)15-31-26(33)21-3-1-2-4-23(21)29-30-31/h1-10,12-13,19,22,24H,11,14-15H2,(H,34,35)/t19-,22?,24?/m0/s1. The summed E-state index contributed by atoms with van der Waals surface area (Å²) >= 11 is 5.96. The molecule has 5 rings (SSSR count). The number of aliphatic carboxylic acids is 1. The first-order valence-electron chi connectivity index (χ1n) is 11.4. The Morgan fingerprint density at radius 3 is 2.29 bits per heavy atom. The van der Waals surface area contributed by atoms with Gasteiger partial charge in [0.15, 0.2) is 5.78 Å². The predicted octanol–water partition coefficient (Wildman–Crippen LogP) is 4.72. The number of Topliss-reactive ketones (excluding diaryl/α,β-unsaturated/α-hetero) is 1. The number of rotatable bonds is 6. The molecule has 1 N–H and O–H groups in total. The van der Waals surface area contributed by atoms with Crippen LogP contribution < -0.4 is 5.56 Å². The average molecular weight is 488 g/mol. The number of carboxylic acid groups (broad SMARTS) is 1.